The summed E-state index contributed by atoms with van der Waals surface area (Å²) < 4.78 is 2.93. The number of nitrogens with zero attached hydrogens (tertiary/aromatic N) is 5. The first kappa shape index (κ1) is 16.2. The Morgan fingerprint density at radius 3 is 2.87 bits per heavy atom. The Labute approximate surface area is 147 Å². The van der Waals surface area contributed by atoms with E-state index in [-0.39, 0.29) is 0 Å². The molecule has 0 unspecified atom stereocenters. The summed E-state index contributed by atoms with van der Waals surface area (Å²) in [7, 11) is 0. The Bertz CT molecular complexity index is 751. The minimum atomic E-state index is 0.698. The molecule has 0 fully saturated rings. The lowest BCUT2D eigenvalue weighted by Crippen LogP contribution is -2.05. The maximum Gasteiger partial charge on any atom is 0.166 e. The van der Waals surface area contributed by atoms with Gasteiger partial charge in [-0.25, -0.2) is 9.67 Å². The van der Waals surface area contributed by atoms with Crippen LogP contribution in [0.1, 0.15) is 25.6 Å². The van der Waals surface area contributed by atoms with E-state index in [4.69, 9.17) is 0 Å². The van der Waals surface area contributed by atoms with Crippen molar-refractivity contribution in [3.63, 3.8) is 0 Å². The second-order valence-electron chi connectivity index (χ2n) is 5.07. The number of rotatable bonds is 7. The quantitative estimate of drug-likeness (QED) is 0.616. The molecule has 0 aliphatic rings. The SMILES string of the molecule is CCCCn1nnnc1CSc1ncc(-c2ccc(Br)cc2)[nH]1. The van der Waals surface area contributed by atoms with Crippen molar-refractivity contribution in [1.29, 1.82) is 0 Å². The number of aromatic nitrogens is 6. The fourth-order valence-electron chi connectivity index (χ4n) is 2.09. The zero-order valence-corrected chi connectivity index (χ0v) is 15.1. The fourth-order valence-corrected chi connectivity index (χ4v) is 3.14. The number of aryl methyl sites for hydroxylation is 1. The van der Waals surface area contributed by atoms with Crippen molar-refractivity contribution >= 4 is 27.7 Å². The third-order valence-electron chi connectivity index (χ3n) is 3.38. The molecule has 0 amide bonds. The van der Waals surface area contributed by atoms with Crippen LogP contribution in [0.25, 0.3) is 11.3 Å². The highest BCUT2D eigenvalue weighted by Crippen LogP contribution is 2.24. The lowest BCUT2D eigenvalue weighted by Gasteiger charge is -2.02. The largest absolute Gasteiger partial charge is 0.333 e. The normalized spacial score (nSPS) is 11.0. The van der Waals surface area contributed by atoms with E-state index in [1.54, 1.807) is 11.8 Å². The summed E-state index contributed by atoms with van der Waals surface area (Å²) in [4.78, 5) is 7.76. The Morgan fingerprint density at radius 1 is 1.26 bits per heavy atom. The molecular formula is C15H17BrN6S. The van der Waals surface area contributed by atoms with Crippen LogP contribution in [-0.2, 0) is 12.3 Å². The van der Waals surface area contributed by atoms with Crippen molar-refractivity contribution in [2.24, 2.45) is 0 Å². The predicted molar refractivity (Wildman–Crippen MR) is 94.0 cm³/mol. The molecule has 0 radical (unpaired) electrons. The van der Waals surface area contributed by atoms with Gasteiger partial charge in [0.2, 0.25) is 0 Å². The molecule has 2 heterocycles. The first-order valence-corrected chi connectivity index (χ1v) is 9.23. The molecule has 0 saturated carbocycles. The summed E-state index contributed by atoms with van der Waals surface area (Å²) >= 11 is 5.05. The zero-order chi connectivity index (χ0) is 16.1. The smallest absolute Gasteiger partial charge is 0.166 e. The number of unbranched alkanes of at least 4 members (excludes halogenated alkanes) is 1. The summed E-state index contributed by atoms with van der Waals surface area (Å²) in [5.41, 5.74) is 2.12. The molecule has 3 aromatic rings. The molecule has 0 saturated heterocycles. The molecule has 120 valence electrons. The second kappa shape index (κ2) is 7.74. The molecule has 1 aromatic carbocycles. The monoisotopic (exact) mass is 392 g/mol. The van der Waals surface area contributed by atoms with Crippen LogP contribution >= 0.6 is 27.7 Å². The molecule has 0 aliphatic carbocycles. The lowest BCUT2D eigenvalue weighted by molar-refractivity contribution is 0.540. The molecule has 0 spiro atoms. The average Bonchev–Trinajstić information content (AvgIpc) is 3.21. The van der Waals surface area contributed by atoms with E-state index in [1.807, 2.05) is 23.0 Å². The minimum Gasteiger partial charge on any atom is -0.333 e. The molecule has 2 aromatic heterocycles. The van der Waals surface area contributed by atoms with Gasteiger partial charge < -0.3 is 4.98 Å². The number of H-pyrrole nitrogens is 1. The van der Waals surface area contributed by atoms with E-state index in [2.05, 4.69) is 60.5 Å². The van der Waals surface area contributed by atoms with Crippen LogP contribution in [0.15, 0.2) is 40.1 Å². The lowest BCUT2D eigenvalue weighted by atomic mass is 10.2. The van der Waals surface area contributed by atoms with E-state index < -0.39 is 0 Å². The minimum absolute atomic E-state index is 0.698. The molecule has 3 rings (SSSR count). The number of halogens is 1. The number of nitrogens with one attached hydrogen (secondary N) is 1. The van der Waals surface area contributed by atoms with Gasteiger partial charge in [-0.2, -0.15) is 0 Å². The van der Waals surface area contributed by atoms with Crippen LogP contribution in [0.4, 0.5) is 0 Å². The highest BCUT2D eigenvalue weighted by atomic mass is 79.9. The number of hydrogen-bond acceptors (Lipinski definition) is 5. The van der Waals surface area contributed by atoms with E-state index >= 15 is 0 Å². The van der Waals surface area contributed by atoms with Crippen molar-refractivity contribution in [2.45, 2.75) is 37.2 Å². The van der Waals surface area contributed by atoms with Crippen LogP contribution < -0.4 is 0 Å². The number of thioether (sulfide) groups is 1. The topological polar surface area (TPSA) is 72.3 Å². The summed E-state index contributed by atoms with van der Waals surface area (Å²) in [6.07, 6.45) is 4.06. The summed E-state index contributed by atoms with van der Waals surface area (Å²) in [6.45, 7) is 3.02. The van der Waals surface area contributed by atoms with Crippen LogP contribution in [-0.4, -0.2) is 30.2 Å². The second-order valence-corrected chi connectivity index (χ2v) is 6.95. The zero-order valence-electron chi connectivity index (χ0n) is 12.7. The van der Waals surface area contributed by atoms with Gasteiger partial charge in [-0.1, -0.05) is 53.2 Å². The van der Waals surface area contributed by atoms with Crippen molar-refractivity contribution in [3.05, 3.63) is 40.8 Å². The number of aromatic amines is 1. The van der Waals surface area contributed by atoms with Gasteiger partial charge in [-0.05, 0) is 34.5 Å². The third-order valence-corrected chi connectivity index (χ3v) is 4.79. The molecule has 0 bridgehead atoms. The van der Waals surface area contributed by atoms with E-state index in [9.17, 15) is 0 Å². The molecule has 23 heavy (non-hydrogen) atoms. The van der Waals surface area contributed by atoms with Gasteiger partial charge in [-0.3, -0.25) is 0 Å². The van der Waals surface area contributed by atoms with Gasteiger partial charge in [0.25, 0.3) is 0 Å². The highest BCUT2D eigenvalue weighted by molar-refractivity contribution is 9.10. The van der Waals surface area contributed by atoms with Crippen LogP contribution in [0.5, 0.6) is 0 Å². The maximum absolute atomic E-state index is 4.42. The molecule has 0 aliphatic heterocycles. The Morgan fingerprint density at radius 2 is 2.09 bits per heavy atom. The summed E-state index contributed by atoms with van der Waals surface area (Å²) in [5, 5.41) is 12.8. The van der Waals surface area contributed by atoms with Crippen molar-refractivity contribution in [2.75, 3.05) is 0 Å². The standard InChI is InChI=1S/C15H17BrN6S/c1-2-3-8-22-14(19-20-21-22)10-23-15-17-9-13(18-15)11-4-6-12(16)7-5-11/h4-7,9H,2-3,8,10H2,1H3,(H,17,18). The Hall–Kier alpha value is -1.67. The van der Waals surface area contributed by atoms with Crippen molar-refractivity contribution in [3.8, 4) is 11.3 Å². The first-order chi connectivity index (χ1) is 11.3. The van der Waals surface area contributed by atoms with Crippen molar-refractivity contribution in [1.82, 2.24) is 30.2 Å². The molecule has 6 nitrogen and oxygen atoms in total. The average molecular weight is 393 g/mol. The van der Waals surface area contributed by atoms with Crippen LogP contribution in [0.3, 0.4) is 0 Å². The van der Waals surface area contributed by atoms with E-state index in [0.717, 1.165) is 46.1 Å². The predicted octanol–water partition coefficient (Wildman–Crippen LogP) is 3.92. The summed E-state index contributed by atoms with van der Waals surface area (Å²) in [6, 6.07) is 8.14. The van der Waals surface area contributed by atoms with Gasteiger partial charge in [0, 0.05) is 11.0 Å². The van der Waals surface area contributed by atoms with E-state index in [0.29, 0.717) is 5.75 Å². The Kier molecular flexibility index (Phi) is 5.45. The van der Waals surface area contributed by atoms with Crippen molar-refractivity contribution < 1.29 is 0 Å². The number of tetrazole rings is 1. The number of imidazole rings is 1. The first-order valence-electron chi connectivity index (χ1n) is 7.45. The molecular weight excluding hydrogens is 376 g/mol. The summed E-state index contributed by atoms with van der Waals surface area (Å²) in [5.74, 6) is 1.58. The molecule has 0 atom stereocenters. The van der Waals surface area contributed by atoms with Crippen LogP contribution in [0.2, 0.25) is 0 Å². The molecule has 8 heteroatoms. The van der Waals surface area contributed by atoms with Gasteiger partial charge in [0.1, 0.15) is 0 Å². The van der Waals surface area contributed by atoms with Gasteiger partial charge in [-0.15, -0.1) is 5.10 Å². The number of benzene rings is 1. The number of hydrogen-bond donors (Lipinski definition) is 1. The fraction of sp³-hybridized carbons (Fsp3) is 0.333. The van der Waals surface area contributed by atoms with E-state index in [1.165, 1.54) is 0 Å². The highest BCUT2D eigenvalue weighted by Gasteiger charge is 2.09. The van der Waals surface area contributed by atoms with Crippen LogP contribution in [0, 0.1) is 0 Å². The van der Waals surface area contributed by atoms with Gasteiger partial charge >= 0.3 is 0 Å². The maximum atomic E-state index is 4.42. The van der Waals surface area contributed by atoms with Gasteiger partial charge in [0.05, 0.1) is 17.6 Å². The third kappa shape index (κ3) is 4.20. The molecule has 1 N–H and O–H groups in total. The van der Waals surface area contributed by atoms with Gasteiger partial charge in [0.15, 0.2) is 11.0 Å². The Balaban J connectivity index is 1.63.